The molecule has 0 aliphatic rings. The number of hydrogen-bond donors (Lipinski definition) is 2. The number of benzene rings is 3. The van der Waals surface area contributed by atoms with Crippen molar-refractivity contribution in [1.82, 2.24) is 14.8 Å². The number of rotatable bonds is 11. The van der Waals surface area contributed by atoms with Gasteiger partial charge < -0.3 is 20.1 Å². The van der Waals surface area contributed by atoms with Crippen LogP contribution in [0, 0.1) is 10.1 Å². The molecule has 9 heteroatoms. The summed E-state index contributed by atoms with van der Waals surface area (Å²) in [6.07, 6.45) is 3.33. The fourth-order valence-electron chi connectivity index (χ4n) is 4.34. The standard InChI is InChI=1S/C29H31N5O4/c1-2-17-33(29(36)31-24-12-14-25(15-13-24)34(37)38)21-28(35)32(20-22-8-4-3-5-9-22)18-16-23-19-30-27-11-7-6-10-26(23)27/h3-15,19,30H,2,16-18,20-21H2,1H3,(H,31,36). The molecule has 9 nitrogen and oxygen atoms in total. The van der Waals surface area contributed by atoms with Crippen LogP contribution < -0.4 is 5.32 Å². The van der Waals surface area contributed by atoms with Crippen molar-refractivity contribution < 1.29 is 14.5 Å². The molecule has 4 rings (SSSR count). The van der Waals surface area contributed by atoms with E-state index in [-0.39, 0.29) is 18.1 Å². The van der Waals surface area contributed by atoms with Crippen molar-refractivity contribution in [3.63, 3.8) is 0 Å². The number of carbonyl (C=O) groups is 2. The zero-order chi connectivity index (χ0) is 26.9. The SMILES string of the molecule is CCCN(CC(=O)N(CCc1c[nH]c2ccccc12)Cc1ccccc1)C(=O)Nc1ccc([N+](=O)[O-])cc1. The van der Waals surface area contributed by atoms with Gasteiger partial charge in [-0.1, -0.05) is 55.5 Å². The van der Waals surface area contributed by atoms with Gasteiger partial charge in [-0.25, -0.2) is 4.79 Å². The van der Waals surface area contributed by atoms with E-state index in [1.54, 1.807) is 4.90 Å². The second kappa shape index (κ2) is 12.5. The highest BCUT2D eigenvalue weighted by atomic mass is 16.6. The smallest absolute Gasteiger partial charge is 0.322 e. The third kappa shape index (κ3) is 6.76. The number of nitrogens with zero attached hydrogens (tertiary/aromatic N) is 3. The Labute approximate surface area is 221 Å². The van der Waals surface area contributed by atoms with Gasteiger partial charge in [0.2, 0.25) is 5.91 Å². The summed E-state index contributed by atoms with van der Waals surface area (Å²) in [4.78, 5) is 43.6. The summed E-state index contributed by atoms with van der Waals surface area (Å²) in [6, 6.07) is 23.1. The quantitative estimate of drug-likeness (QED) is 0.201. The molecule has 0 aliphatic heterocycles. The number of amides is 3. The van der Waals surface area contributed by atoms with Crippen LogP contribution >= 0.6 is 0 Å². The number of fused-ring (bicyclic) bond motifs is 1. The first-order valence-corrected chi connectivity index (χ1v) is 12.6. The Kier molecular flexibility index (Phi) is 8.71. The van der Waals surface area contributed by atoms with Crippen LogP contribution in [0.1, 0.15) is 24.5 Å². The average molecular weight is 514 g/mol. The van der Waals surface area contributed by atoms with Crippen LogP contribution in [-0.2, 0) is 17.8 Å². The van der Waals surface area contributed by atoms with Crippen LogP contribution in [0.3, 0.4) is 0 Å². The van der Waals surface area contributed by atoms with Gasteiger partial charge in [-0.15, -0.1) is 0 Å². The number of hydrogen-bond acceptors (Lipinski definition) is 4. The first kappa shape index (κ1) is 26.4. The molecular formula is C29H31N5O4. The largest absolute Gasteiger partial charge is 0.361 e. The number of nitrogens with one attached hydrogen (secondary N) is 2. The molecule has 1 heterocycles. The lowest BCUT2D eigenvalue weighted by atomic mass is 10.1. The molecule has 0 bridgehead atoms. The van der Waals surface area contributed by atoms with Gasteiger partial charge in [-0.3, -0.25) is 14.9 Å². The van der Waals surface area contributed by atoms with Crippen molar-refractivity contribution in [3.8, 4) is 0 Å². The molecule has 4 aromatic rings. The minimum atomic E-state index is -0.495. The summed E-state index contributed by atoms with van der Waals surface area (Å²) in [5, 5.41) is 14.8. The number of carbonyl (C=O) groups excluding carboxylic acids is 2. The lowest BCUT2D eigenvalue weighted by Gasteiger charge is -2.28. The minimum absolute atomic E-state index is 0.0599. The molecule has 0 fully saturated rings. The lowest BCUT2D eigenvalue weighted by Crippen LogP contribution is -2.45. The van der Waals surface area contributed by atoms with Crippen molar-refractivity contribution in [2.24, 2.45) is 0 Å². The highest BCUT2D eigenvalue weighted by molar-refractivity contribution is 5.92. The van der Waals surface area contributed by atoms with E-state index < -0.39 is 11.0 Å². The van der Waals surface area contributed by atoms with Gasteiger partial charge in [-0.05, 0) is 42.2 Å². The van der Waals surface area contributed by atoms with Crippen molar-refractivity contribution >= 4 is 34.2 Å². The molecule has 196 valence electrons. The Morgan fingerprint density at radius 2 is 1.63 bits per heavy atom. The molecule has 0 aliphatic carbocycles. The molecule has 0 saturated carbocycles. The second-order valence-corrected chi connectivity index (χ2v) is 9.07. The topological polar surface area (TPSA) is 112 Å². The number of anilines is 1. The van der Waals surface area contributed by atoms with Crippen LogP contribution in [0.4, 0.5) is 16.2 Å². The van der Waals surface area contributed by atoms with Gasteiger partial charge in [-0.2, -0.15) is 0 Å². The Morgan fingerprint density at radius 1 is 0.921 bits per heavy atom. The molecular weight excluding hydrogens is 482 g/mol. The average Bonchev–Trinajstić information content (AvgIpc) is 3.34. The van der Waals surface area contributed by atoms with E-state index in [9.17, 15) is 19.7 Å². The molecule has 2 N–H and O–H groups in total. The number of aromatic nitrogens is 1. The third-order valence-electron chi connectivity index (χ3n) is 6.33. The molecule has 1 aromatic heterocycles. The maximum atomic E-state index is 13.6. The first-order chi connectivity index (χ1) is 18.4. The number of H-pyrrole nitrogens is 1. The van der Waals surface area contributed by atoms with Gasteiger partial charge in [0, 0.05) is 54.6 Å². The van der Waals surface area contributed by atoms with Crippen molar-refractivity contribution in [2.75, 3.05) is 25.0 Å². The van der Waals surface area contributed by atoms with E-state index >= 15 is 0 Å². The van der Waals surface area contributed by atoms with E-state index in [4.69, 9.17) is 0 Å². The summed E-state index contributed by atoms with van der Waals surface area (Å²) in [6.45, 7) is 3.19. The number of non-ortho nitro benzene ring substituents is 1. The lowest BCUT2D eigenvalue weighted by molar-refractivity contribution is -0.384. The summed E-state index contributed by atoms with van der Waals surface area (Å²) in [5.74, 6) is -0.152. The summed E-state index contributed by atoms with van der Waals surface area (Å²) in [5.41, 5.74) is 3.57. The molecule has 38 heavy (non-hydrogen) atoms. The van der Waals surface area contributed by atoms with E-state index in [0.717, 1.165) is 22.0 Å². The maximum absolute atomic E-state index is 13.6. The molecule has 0 spiro atoms. The second-order valence-electron chi connectivity index (χ2n) is 9.07. The Bertz CT molecular complexity index is 1390. The molecule has 0 saturated heterocycles. The predicted octanol–water partition coefficient (Wildman–Crippen LogP) is 5.59. The predicted molar refractivity (Wildman–Crippen MR) is 148 cm³/mol. The van der Waals surface area contributed by atoms with Gasteiger partial charge >= 0.3 is 6.03 Å². The molecule has 0 atom stereocenters. The van der Waals surface area contributed by atoms with E-state index in [1.807, 2.05) is 61.7 Å². The number of para-hydroxylation sites is 1. The van der Waals surface area contributed by atoms with Crippen LogP contribution in [0.25, 0.3) is 10.9 Å². The third-order valence-corrected chi connectivity index (χ3v) is 6.33. The molecule has 3 aromatic carbocycles. The van der Waals surface area contributed by atoms with E-state index in [2.05, 4.69) is 16.4 Å². The minimum Gasteiger partial charge on any atom is -0.361 e. The van der Waals surface area contributed by atoms with Gasteiger partial charge in [0.05, 0.1) is 4.92 Å². The zero-order valence-electron chi connectivity index (χ0n) is 21.3. The van der Waals surface area contributed by atoms with Crippen molar-refractivity contribution in [1.29, 1.82) is 0 Å². The number of nitro benzene ring substituents is 1. The number of aromatic amines is 1. The van der Waals surface area contributed by atoms with Gasteiger partial charge in [0.15, 0.2) is 0 Å². The van der Waals surface area contributed by atoms with Crippen LogP contribution in [-0.4, -0.2) is 51.3 Å². The van der Waals surface area contributed by atoms with Crippen LogP contribution in [0.2, 0.25) is 0 Å². The summed E-state index contributed by atoms with van der Waals surface area (Å²) < 4.78 is 0. The van der Waals surface area contributed by atoms with Crippen molar-refractivity contribution in [3.05, 3.63) is 106 Å². The number of nitro groups is 1. The number of urea groups is 1. The normalized spacial score (nSPS) is 10.8. The summed E-state index contributed by atoms with van der Waals surface area (Å²) >= 11 is 0. The van der Waals surface area contributed by atoms with Gasteiger partial charge in [0.25, 0.3) is 5.69 Å². The van der Waals surface area contributed by atoms with Gasteiger partial charge in [0.1, 0.15) is 6.54 Å². The molecule has 3 amide bonds. The Hall–Kier alpha value is -4.66. The highest BCUT2D eigenvalue weighted by Crippen LogP contribution is 2.19. The van der Waals surface area contributed by atoms with Crippen molar-refractivity contribution in [2.45, 2.75) is 26.3 Å². The fraction of sp³-hybridized carbons (Fsp3) is 0.241. The molecule has 0 unspecified atom stereocenters. The summed E-state index contributed by atoms with van der Waals surface area (Å²) in [7, 11) is 0. The zero-order valence-corrected chi connectivity index (χ0v) is 21.3. The Balaban J connectivity index is 1.47. The first-order valence-electron chi connectivity index (χ1n) is 12.6. The van der Waals surface area contributed by atoms with E-state index in [1.165, 1.54) is 29.2 Å². The maximum Gasteiger partial charge on any atom is 0.322 e. The fourth-order valence-corrected chi connectivity index (χ4v) is 4.34. The van der Waals surface area contributed by atoms with E-state index in [0.29, 0.717) is 38.2 Å². The van der Waals surface area contributed by atoms with Crippen LogP contribution in [0.15, 0.2) is 85.1 Å². The monoisotopic (exact) mass is 513 g/mol. The highest BCUT2D eigenvalue weighted by Gasteiger charge is 2.22. The Morgan fingerprint density at radius 3 is 2.34 bits per heavy atom. The van der Waals surface area contributed by atoms with Crippen LogP contribution in [0.5, 0.6) is 0 Å². The molecule has 0 radical (unpaired) electrons.